The van der Waals surface area contributed by atoms with Crippen LogP contribution in [-0.2, 0) is 4.74 Å². The van der Waals surface area contributed by atoms with E-state index in [1.54, 1.807) is 12.1 Å². The number of carbonyl (C=O) groups is 1. The predicted molar refractivity (Wildman–Crippen MR) is 79.5 cm³/mol. The van der Waals surface area contributed by atoms with Crippen molar-refractivity contribution in [3.05, 3.63) is 54.4 Å². The highest BCUT2D eigenvalue weighted by atomic mass is 19.1. The van der Waals surface area contributed by atoms with Gasteiger partial charge < -0.3 is 14.8 Å². The molecule has 2 heterocycles. The van der Waals surface area contributed by atoms with Crippen LogP contribution in [0, 0.1) is 5.82 Å². The Kier molecular flexibility index (Phi) is 4.77. The Morgan fingerprint density at radius 3 is 3.09 bits per heavy atom. The van der Waals surface area contributed by atoms with Gasteiger partial charge in [0.25, 0.3) is 5.91 Å². The van der Waals surface area contributed by atoms with Gasteiger partial charge in [0.05, 0.1) is 25.5 Å². The van der Waals surface area contributed by atoms with Crippen molar-refractivity contribution in [3.63, 3.8) is 0 Å². The topological polar surface area (TPSA) is 73.3 Å². The van der Waals surface area contributed by atoms with E-state index in [2.05, 4.69) is 15.3 Å². The lowest BCUT2D eigenvalue weighted by molar-refractivity contribution is -0.00304. The summed E-state index contributed by atoms with van der Waals surface area (Å²) in [4.78, 5) is 20.0. The molecule has 1 aliphatic rings. The third kappa shape index (κ3) is 4.01. The van der Waals surface area contributed by atoms with Crippen molar-refractivity contribution >= 4 is 5.91 Å². The van der Waals surface area contributed by atoms with E-state index >= 15 is 0 Å². The number of hydrogen-bond acceptors (Lipinski definition) is 5. The van der Waals surface area contributed by atoms with Crippen LogP contribution in [0.3, 0.4) is 0 Å². The molecule has 0 aliphatic carbocycles. The zero-order valence-corrected chi connectivity index (χ0v) is 12.3. The Hall–Kier alpha value is -2.54. The number of ether oxygens (including phenoxy) is 2. The van der Waals surface area contributed by atoms with Gasteiger partial charge in [-0.3, -0.25) is 9.78 Å². The first-order valence-corrected chi connectivity index (χ1v) is 7.29. The Labute approximate surface area is 132 Å². The number of hydrogen-bond donors (Lipinski definition) is 1. The van der Waals surface area contributed by atoms with E-state index in [0.717, 1.165) is 0 Å². The molecule has 7 heteroatoms. The fraction of sp³-hybridized carbons (Fsp3) is 0.312. The van der Waals surface area contributed by atoms with Crippen molar-refractivity contribution in [2.45, 2.75) is 18.6 Å². The zero-order chi connectivity index (χ0) is 16.1. The van der Waals surface area contributed by atoms with Crippen molar-refractivity contribution in [1.82, 2.24) is 15.3 Å². The molecule has 1 aromatic carbocycles. The maximum Gasteiger partial charge on any atom is 0.271 e. The third-order valence-corrected chi connectivity index (χ3v) is 3.49. The molecule has 0 radical (unpaired) electrons. The summed E-state index contributed by atoms with van der Waals surface area (Å²) >= 11 is 0. The summed E-state index contributed by atoms with van der Waals surface area (Å²) in [5.74, 6) is -0.285. The first-order valence-electron chi connectivity index (χ1n) is 7.29. The molecule has 1 amide bonds. The smallest absolute Gasteiger partial charge is 0.271 e. The highest BCUT2D eigenvalue weighted by Crippen LogP contribution is 2.19. The van der Waals surface area contributed by atoms with Gasteiger partial charge in [0.2, 0.25) is 0 Å². The van der Waals surface area contributed by atoms with Crippen LogP contribution in [-0.4, -0.2) is 41.2 Å². The number of halogens is 1. The lowest BCUT2D eigenvalue weighted by atomic mass is 10.1. The maximum atomic E-state index is 13.3. The van der Waals surface area contributed by atoms with Gasteiger partial charge in [0, 0.05) is 24.9 Å². The van der Waals surface area contributed by atoms with Gasteiger partial charge in [0.1, 0.15) is 23.4 Å². The van der Waals surface area contributed by atoms with Gasteiger partial charge in [-0.15, -0.1) is 0 Å². The summed E-state index contributed by atoms with van der Waals surface area (Å²) in [6.45, 7) is 0.851. The maximum absolute atomic E-state index is 13.3. The molecule has 6 nitrogen and oxygen atoms in total. The van der Waals surface area contributed by atoms with E-state index < -0.39 is 0 Å². The van der Waals surface area contributed by atoms with E-state index in [1.165, 1.54) is 30.7 Å². The van der Waals surface area contributed by atoms with Crippen molar-refractivity contribution in [1.29, 1.82) is 0 Å². The van der Waals surface area contributed by atoms with Crippen LogP contribution in [0.4, 0.5) is 4.39 Å². The van der Waals surface area contributed by atoms with Crippen LogP contribution < -0.4 is 10.1 Å². The van der Waals surface area contributed by atoms with Crippen molar-refractivity contribution in [2.24, 2.45) is 0 Å². The molecule has 2 atom stereocenters. The van der Waals surface area contributed by atoms with Crippen molar-refractivity contribution in [2.75, 3.05) is 13.2 Å². The fourth-order valence-corrected chi connectivity index (χ4v) is 2.37. The minimum Gasteiger partial charge on any atom is -0.488 e. The van der Waals surface area contributed by atoms with E-state index in [4.69, 9.17) is 9.47 Å². The first kappa shape index (κ1) is 15.4. The second-order valence-corrected chi connectivity index (χ2v) is 5.15. The van der Waals surface area contributed by atoms with E-state index in [9.17, 15) is 9.18 Å². The number of nitrogens with one attached hydrogen (secondary N) is 1. The van der Waals surface area contributed by atoms with Gasteiger partial charge >= 0.3 is 0 Å². The predicted octanol–water partition coefficient (Wildman–Crippen LogP) is 1.58. The lowest BCUT2D eigenvalue weighted by Crippen LogP contribution is -2.52. The van der Waals surface area contributed by atoms with Crippen molar-refractivity contribution < 1.29 is 18.7 Å². The van der Waals surface area contributed by atoms with Crippen LogP contribution in [0.2, 0.25) is 0 Å². The Morgan fingerprint density at radius 1 is 1.39 bits per heavy atom. The molecule has 1 aromatic heterocycles. The molecular weight excluding hydrogens is 301 g/mol. The Morgan fingerprint density at radius 2 is 2.30 bits per heavy atom. The van der Waals surface area contributed by atoms with Gasteiger partial charge in [-0.05, 0) is 12.1 Å². The number of amides is 1. The zero-order valence-electron chi connectivity index (χ0n) is 12.3. The molecule has 1 aliphatic heterocycles. The molecule has 1 saturated heterocycles. The van der Waals surface area contributed by atoms with Crippen LogP contribution in [0.25, 0.3) is 0 Å². The number of nitrogens with zero attached hydrogens (tertiary/aromatic N) is 2. The number of rotatable bonds is 4. The molecule has 0 saturated carbocycles. The van der Waals surface area contributed by atoms with E-state index in [-0.39, 0.29) is 29.6 Å². The van der Waals surface area contributed by atoms with Crippen LogP contribution in [0.1, 0.15) is 16.9 Å². The number of aromatic nitrogens is 2. The van der Waals surface area contributed by atoms with Gasteiger partial charge in [-0.1, -0.05) is 6.07 Å². The van der Waals surface area contributed by atoms with Crippen LogP contribution in [0.15, 0.2) is 42.9 Å². The molecule has 0 unspecified atom stereocenters. The minimum atomic E-state index is -0.366. The summed E-state index contributed by atoms with van der Waals surface area (Å²) in [5.41, 5.74) is 0.225. The minimum absolute atomic E-state index is 0.225. The van der Waals surface area contributed by atoms with E-state index in [0.29, 0.717) is 25.4 Å². The summed E-state index contributed by atoms with van der Waals surface area (Å²) in [7, 11) is 0. The number of carbonyl (C=O) groups excluding carboxylic acids is 1. The first-order chi connectivity index (χ1) is 11.2. The highest BCUT2D eigenvalue weighted by molar-refractivity contribution is 5.92. The SMILES string of the molecule is O=C(N[C@@H]1COCC[C@@H]1Oc1cccc(F)c1)c1cnccn1. The normalized spacial score (nSPS) is 20.7. The molecule has 120 valence electrons. The molecule has 1 N–H and O–H groups in total. The summed E-state index contributed by atoms with van der Waals surface area (Å²) < 4.78 is 24.5. The second-order valence-electron chi connectivity index (χ2n) is 5.15. The Balaban J connectivity index is 1.68. The van der Waals surface area contributed by atoms with E-state index in [1.807, 2.05) is 0 Å². The molecule has 0 bridgehead atoms. The average Bonchev–Trinajstić information content (AvgIpc) is 2.57. The largest absolute Gasteiger partial charge is 0.488 e. The molecule has 23 heavy (non-hydrogen) atoms. The summed E-state index contributed by atoms with van der Waals surface area (Å²) in [5, 5.41) is 2.83. The monoisotopic (exact) mass is 317 g/mol. The second kappa shape index (κ2) is 7.15. The lowest BCUT2D eigenvalue weighted by Gasteiger charge is -2.32. The number of benzene rings is 1. The van der Waals surface area contributed by atoms with Crippen LogP contribution in [0.5, 0.6) is 5.75 Å². The van der Waals surface area contributed by atoms with Gasteiger partial charge in [0.15, 0.2) is 0 Å². The summed E-state index contributed by atoms with van der Waals surface area (Å²) in [6, 6.07) is 5.58. The third-order valence-electron chi connectivity index (χ3n) is 3.49. The quantitative estimate of drug-likeness (QED) is 0.927. The van der Waals surface area contributed by atoms with Crippen molar-refractivity contribution in [3.8, 4) is 5.75 Å². The van der Waals surface area contributed by atoms with Gasteiger partial charge in [-0.2, -0.15) is 0 Å². The molecule has 0 spiro atoms. The van der Waals surface area contributed by atoms with Crippen LogP contribution >= 0.6 is 0 Å². The highest BCUT2D eigenvalue weighted by Gasteiger charge is 2.29. The standard InChI is InChI=1S/C16H16FN3O3/c17-11-2-1-3-12(8-11)23-15-4-7-22-10-14(15)20-16(21)13-9-18-5-6-19-13/h1-3,5-6,8-9,14-15H,4,7,10H2,(H,20,21)/t14-,15+/m1/s1. The average molecular weight is 317 g/mol. The fourth-order valence-electron chi connectivity index (χ4n) is 2.37. The Bertz CT molecular complexity index is 669. The molecular formula is C16H16FN3O3. The molecule has 3 rings (SSSR count). The molecule has 2 aromatic rings. The molecule has 1 fully saturated rings. The van der Waals surface area contributed by atoms with Gasteiger partial charge in [-0.25, -0.2) is 9.37 Å². The summed E-state index contributed by atoms with van der Waals surface area (Å²) in [6.07, 6.45) is 4.64.